The summed E-state index contributed by atoms with van der Waals surface area (Å²) in [5, 5.41) is 0. The summed E-state index contributed by atoms with van der Waals surface area (Å²) in [6.45, 7) is 3.99. The van der Waals surface area contributed by atoms with Crippen molar-refractivity contribution in [3.63, 3.8) is 0 Å². The predicted octanol–water partition coefficient (Wildman–Crippen LogP) is 3.48. The number of carbonyl (C=O) groups excluding carboxylic acids is 1. The van der Waals surface area contributed by atoms with Crippen molar-refractivity contribution in [2.45, 2.75) is 44.6 Å². The van der Waals surface area contributed by atoms with Crippen LogP contribution >= 0.6 is 0 Å². The van der Waals surface area contributed by atoms with Gasteiger partial charge in [-0.2, -0.15) is 0 Å². The number of likely N-dealkylation sites (N-methyl/N-ethyl adjacent to an activating group) is 1. The van der Waals surface area contributed by atoms with Crippen LogP contribution < -0.4 is 0 Å². The molecule has 0 atom stereocenters. The summed E-state index contributed by atoms with van der Waals surface area (Å²) in [4.78, 5) is 14.7. The van der Waals surface area contributed by atoms with Gasteiger partial charge in [-0.25, -0.2) is 0 Å². The van der Waals surface area contributed by atoms with Crippen LogP contribution in [0.1, 0.15) is 54.9 Å². The molecule has 0 bridgehead atoms. The second kappa shape index (κ2) is 4.85. The van der Waals surface area contributed by atoms with Gasteiger partial charge in [0.05, 0.1) is 5.54 Å². The zero-order chi connectivity index (χ0) is 13.3. The molecule has 0 heterocycles. The third kappa shape index (κ3) is 2.22. The molecule has 1 aliphatic rings. The van der Waals surface area contributed by atoms with Gasteiger partial charge in [0.1, 0.15) is 0 Å². The number of hydrogen-bond donors (Lipinski definition) is 0. The highest BCUT2D eigenvalue weighted by Gasteiger charge is 2.34. The molecule has 0 radical (unpaired) electrons. The normalized spacial score (nSPS) is 16.7. The van der Waals surface area contributed by atoms with Crippen LogP contribution in [0.4, 0.5) is 0 Å². The first kappa shape index (κ1) is 13.3. The van der Waals surface area contributed by atoms with Crippen molar-refractivity contribution in [2.24, 2.45) is 0 Å². The molecule has 1 aliphatic carbocycles. The van der Waals surface area contributed by atoms with E-state index < -0.39 is 5.54 Å². The van der Waals surface area contributed by atoms with Gasteiger partial charge in [0, 0.05) is 5.56 Å². The highest BCUT2D eigenvalue weighted by atomic mass is 16.1. The SMILES string of the molecule is CN(C)C(C)(C)C(=O)c1ccccc1C1CCC1. The van der Waals surface area contributed by atoms with Gasteiger partial charge in [-0.15, -0.1) is 0 Å². The number of ketones is 1. The number of benzene rings is 1. The van der Waals surface area contributed by atoms with Crippen molar-refractivity contribution in [2.75, 3.05) is 14.1 Å². The third-order valence-corrected chi connectivity index (χ3v) is 4.42. The van der Waals surface area contributed by atoms with Crippen LogP contribution in [-0.4, -0.2) is 30.3 Å². The molecule has 1 aromatic carbocycles. The van der Waals surface area contributed by atoms with E-state index in [-0.39, 0.29) is 5.78 Å². The van der Waals surface area contributed by atoms with Gasteiger partial charge in [0.15, 0.2) is 5.78 Å². The highest BCUT2D eigenvalue weighted by molar-refractivity contribution is 6.04. The highest BCUT2D eigenvalue weighted by Crippen LogP contribution is 2.38. The molecule has 1 saturated carbocycles. The molecule has 2 heteroatoms. The minimum atomic E-state index is -0.445. The molecule has 0 aliphatic heterocycles. The van der Waals surface area contributed by atoms with Crippen LogP contribution in [0.25, 0.3) is 0 Å². The van der Waals surface area contributed by atoms with E-state index >= 15 is 0 Å². The number of nitrogens with zero attached hydrogens (tertiary/aromatic N) is 1. The van der Waals surface area contributed by atoms with E-state index in [4.69, 9.17) is 0 Å². The predicted molar refractivity (Wildman–Crippen MR) is 75.1 cm³/mol. The van der Waals surface area contributed by atoms with E-state index in [9.17, 15) is 4.79 Å². The average molecular weight is 245 g/mol. The van der Waals surface area contributed by atoms with Gasteiger partial charge in [0.25, 0.3) is 0 Å². The monoisotopic (exact) mass is 245 g/mol. The van der Waals surface area contributed by atoms with Crippen molar-refractivity contribution in [3.8, 4) is 0 Å². The quantitative estimate of drug-likeness (QED) is 0.757. The Hall–Kier alpha value is -1.15. The Morgan fingerprint density at radius 3 is 2.33 bits per heavy atom. The van der Waals surface area contributed by atoms with E-state index in [0.29, 0.717) is 5.92 Å². The second-order valence-electron chi connectivity index (χ2n) is 6.00. The summed E-state index contributed by atoms with van der Waals surface area (Å²) in [5.41, 5.74) is 1.73. The lowest BCUT2D eigenvalue weighted by molar-refractivity contribution is 0.0753. The molecule has 0 aromatic heterocycles. The molecule has 0 saturated heterocycles. The second-order valence-corrected chi connectivity index (χ2v) is 6.00. The minimum absolute atomic E-state index is 0.231. The standard InChI is InChI=1S/C16H23NO/c1-16(2,17(3)4)15(18)14-11-6-5-10-13(14)12-8-7-9-12/h5-6,10-12H,7-9H2,1-4H3. The molecule has 0 unspecified atom stereocenters. The van der Waals surface area contributed by atoms with E-state index in [0.717, 1.165) is 5.56 Å². The van der Waals surface area contributed by atoms with Crippen LogP contribution in [0, 0.1) is 0 Å². The van der Waals surface area contributed by atoms with Crippen LogP contribution in [0.15, 0.2) is 24.3 Å². The maximum absolute atomic E-state index is 12.7. The molecule has 0 N–H and O–H groups in total. The summed E-state index contributed by atoms with van der Waals surface area (Å²) < 4.78 is 0. The molecule has 98 valence electrons. The van der Waals surface area contributed by atoms with Crippen LogP contribution in [0.3, 0.4) is 0 Å². The number of carbonyl (C=O) groups is 1. The molecular formula is C16H23NO. The molecule has 0 spiro atoms. The summed E-state index contributed by atoms with van der Waals surface area (Å²) in [7, 11) is 3.92. The van der Waals surface area contributed by atoms with Gasteiger partial charge in [-0.1, -0.05) is 30.7 Å². The van der Waals surface area contributed by atoms with Crippen molar-refractivity contribution < 1.29 is 4.79 Å². The fraction of sp³-hybridized carbons (Fsp3) is 0.562. The Kier molecular flexibility index (Phi) is 3.58. The Bertz CT molecular complexity index is 444. The van der Waals surface area contributed by atoms with Crippen molar-refractivity contribution in [1.29, 1.82) is 0 Å². The van der Waals surface area contributed by atoms with Gasteiger partial charge >= 0.3 is 0 Å². The summed E-state index contributed by atoms with van der Waals surface area (Å²) in [6.07, 6.45) is 3.75. The van der Waals surface area contributed by atoms with E-state index in [1.54, 1.807) is 0 Å². The molecular weight excluding hydrogens is 222 g/mol. The first-order chi connectivity index (χ1) is 8.44. The molecule has 0 amide bonds. The average Bonchev–Trinajstić information content (AvgIpc) is 2.26. The van der Waals surface area contributed by atoms with Crippen molar-refractivity contribution in [1.82, 2.24) is 4.90 Å². The Labute approximate surface area is 110 Å². The summed E-state index contributed by atoms with van der Waals surface area (Å²) >= 11 is 0. The molecule has 2 rings (SSSR count). The maximum Gasteiger partial charge on any atom is 0.182 e. The molecule has 2 nitrogen and oxygen atoms in total. The third-order valence-electron chi connectivity index (χ3n) is 4.42. The van der Waals surface area contributed by atoms with Gasteiger partial charge in [-0.3, -0.25) is 9.69 Å². The first-order valence-electron chi connectivity index (χ1n) is 6.75. The number of rotatable bonds is 4. The Morgan fingerprint density at radius 1 is 1.22 bits per heavy atom. The van der Waals surface area contributed by atoms with Gasteiger partial charge < -0.3 is 0 Å². The van der Waals surface area contributed by atoms with Crippen molar-refractivity contribution >= 4 is 5.78 Å². The zero-order valence-electron chi connectivity index (χ0n) is 11.9. The number of Topliss-reactive ketones (excluding diaryl/α,β-unsaturated/α-hetero) is 1. The molecule has 1 aromatic rings. The zero-order valence-corrected chi connectivity index (χ0v) is 11.9. The lowest BCUT2D eigenvalue weighted by atomic mass is 9.76. The van der Waals surface area contributed by atoms with Gasteiger partial charge in [0.2, 0.25) is 0 Å². The lowest BCUT2D eigenvalue weighted by Crippen LogP contribution is -2.46. The van der Waals surface area contributed by atoms with E-state index in [1.807, 2.05) is 51.0 Å². The maximum atomic E-state index is 12.7. The fourth-order valence-electron chi connectivity index (χ4n) is 2.31. The topological polar surface area (TPSA) is 20.3 Å². The van der Waals surface area contributed by atoms with E-state index in [1.165, 1.54) is 24.8 Å². The van der Waals surface area contributed by atoms with Crippen molar-refractivity contribution in [3.05, 3.63) is 35.4 Å². The van der Waals surface area contributed by atoms with Gasteiger partial charge in [-0.05, 0) is 52.3 Å². The van der Waals surface area contributed by atoms with Crippen LogP contribution in [0.2, 0.25) is 0 Å². The first-order valence-corrected chi connectivity index (χ1v) is 6.75. The molecule has 18 heavy (non-hydrogen) atoms. The fourth-order valence-corrected chi connectivity index (χ4v) is 2.31. The minimum Gasteiger partial charge on any atom is -0.297 e. The smallest absolute Gasteiger partial charge is 0.182 e. The summed E-state index contributed by atoms with van der Waals surface area (Å²) in [5.74, 6) is 0.832. The largest absolute Gasteiger partial charge is 0.297 e. The molecule has 1 fully saturated rings. The van der Waals surface area contributed by atoms with Crippen LogP contribution in [-0.2, 0) is 0 Å². The van der Waals surface area contributed by atoms with E-state index in [2.05, 4.69) is 6.07 Å². The Morgan fingerprint density at radius 2 is 1.83 bits per heavy atom. The summed E-state index contributed by atoms with van der Waals surface area (Å²) in [6, 6.07) is 8.14. The van der Waals surface area contributed by atoms with Crippen LogP contribution in [0.5, 0.6) is 0 Å². The Balaban J connectivity index is 2.36. The number of hydrogen-bond acceptors (Lipinski definition) is 2. The lowest BCUT2D eigenvalue weighted by Gasteiger charge is -2.34.